The SMILES string of the molecule is Cn1cc2ncncn2c1=O. The molecule has 5 nitrogen and oxygen atoms in total. The van der Waals surface area contributed by atoms with Gasteiger partial charge in [0.25, 0.3) is 0 Å². The smallest absolute Gasteiger partial charge is 0.300 e. The maximum absolute atomic E-state index is 11.2. The molecule has 0 aliphatic rings. The van der Waals surface area contributed by atoms with E-state index in [0.29, 0.717) is 5.65 Å². The molecule has 2 aromatic rings. The number of nitrogens with zero attached hydrogens (tertiary/aromatic N) is 4. The van der Waals surface area contributed by atoms with Gasteiger partial charge in [-0.1, -0.05) is 0 Å². The van der Waals surface area contributed by atoms with Crippen LogP contribution in [0.3, 0.4) is 0 Å². The molecule has 0 unspecified atom stereocenters. The van der Waals surface area contributed by atoms with E-state index in [-0.39, 0.29) is 5.69 Å². The van der Waals surface area contributed by atoms with Crippen LogP contribution < -0.4 is 5.69 Å². The predicted molar refractivity (Wildman–Crippen MR) is 38.2 cm³/mol. The van der Waals surface area contributed by atoms with Gasteiger partial charge in [0.1, 0.15) is 12.7 Å². The van der Waals surface area contributed by atoms with Crippen LogP contribution in [-0.4, -0.2) is 18.9 Å². The zero-order chi connectivity index (χ0) is 7.84. The van der Waals surface area contributed by atoms with Crippen molar-refractivity contribution in [3.05, 3.63) is 29.3 Å². The average molecular weight is 150 g/mol. The largest absolute Gasteiger partial charge is 0.334 e. The molecule has 0 saturated carbocycles. The summed E-state index contributed by atoms with van der Waals surface area (Å²) in [6.07, 6.45) is 4.52. The van der Waals surface area contributed by atoms with Crippen LogP contribution in [-0.2, 0) is 7.05 Å². The highest BCUT2D eigenvalue weighted by atomic mass is 16.1. The summed E-state index contributed by atoms with van der Waals surface area (Å²) < 4.78 is 2.85. The van der Waals surface area contributed by atoms with E-state index in [2.05, 4.69) is 9.97 Å². The van der Waals surface area contributed by atoms with Gasteiger partial charge in [-0.3, -0.25) is 4.57 Å². The standard InChI is InChI=1S/C6H6N4O/c1-9-2-5-8-3-7-4-10(5)6(9)11/h2-4H,1H3. The molecule has 5 heteroatoms. The zero-order valence-electron chi connectivity index (χ0n) is 5.93. The third-order valence-electron chi connectivity index (χ3n) is 1.50. The molecule has 11 heavy (non-hydrogen) atoms. The molecule has 0 bridgehead atoms. The first-order valence-electron chi connectivity index (χ1n) is 3.13. The van der Waals surface area contributed by atoms with E-state index >= 15 is 0 Å². The first-order chi connectivity index (χ1) is 5.29. The molecule has 0 radical (unpaired) electrons. The number of aromatic nitrogens is 4. The lowest BCUT2D eigenvalue weighted by Gasteiger charge is -1.84. The summed E-state index contributed by atoms with van der Waals surface area (Å²) in [7, 11) is 1.68. The van der Waals surface area contributed by atoms with Crippen molar-refractivity contribution in [1.82, 2.24) is 18.9 Å². The van der Waals surface area contributed by atoms with Gasteiger partial charge >= 0.3 is 5.69 Å². The first-order valence-corrected chi connectivity index (χ1v) is 3.13. The molecule has 2 rings (SSSR count). The Kier molecular flexibility index (Phi) is 1.06. The van der Waals surface area contributed by atoms with Crippen LogP contribution >= 0.6 is 0 Å². The van der Waals surface area contributed by atoms with Gasteiger partial charge in [-0.2, -0.15) is 0 Å². The van der Waals surface area contributed by atoms with Gasteiger partial charge in [0.15, 0.2) is 5.65 Å². The van der Waals surface area contributed by atoms with Gasteiger partial charge in [-0.15, -0.1) is 0 Å². The highest BCUT2D eigenvalue weighted by molar-refractivity contribution is 5.32. The number of hydrogen-bond acceptors (Lipinski definition) is 3. The van der Waals surface area contributed by atoms with Crippen molar-refractivity contribution in [2.24, 2.45) is 7.05 Å². The zero-order valence-corrected chi connectivity index (χ0v) is 5.93. The predicted octanol–water partition coefficient (Wildman–Crippen LogP) is -0.572. The van der Waals surface area contributed by atoms with Crippen LogP contribution in [0.2, 0.25) is 0 Å². The van der Waals surface area contributed by atoms with E-state index in [4.69, 9.17) is 0 Å². The summed E-state index contributed by atoms with van der Waals surface area (Å²) in [5.74, 6) is 0. The van der Waals surface area contributed by atoms with Crippen LogP contribution in [0, 0.1) is 0 Å². The second-order valence-corrected chi connectivity index (χ2v) is 2.26. The van der Waals surface area contributed by atoms with E-state index in [1.54, 1.807) is 13.2 Å². The normalized spacial score (nSPS) is 10.6. The van der Waals surface area contributed by atoms with Gasteiger partial charge in [0.2, 0.25) is 0 Å². The van der Waals surface area contributed by atoms with Crippen molar-refractivity contribution in [3.63, 3.8) is 0 Å². The van der Waals surface area contributed by atoms with E-state index in [0.717, 1.165) is 0 Å². The molecular formula is C6H6N4O. The van der Waals surface area contributed by atoms with Crippen LogP contribution in [0.15, 0.2) is 23.6 Å². The molecule has 0 aliphatic carbocycles. The Morgan fingerprint density at radius 3 is 3.09 bits per heavy atom. The number of fused-ring (bicyclic) bond motifs is 1. The summed E-state index contributed by atoms with van der Waals surface area (Å²) >= 11 is 0. The van der Waals surface area contributed by atoms with Crippen molar-refractivity contribution in [2.45, 2.75) is 0 Å². The molecule has 0 fully saturated rings. The molecule has 56 valence electrons. The number of aryl methyl sites for hydroxylation is 1. The Balaban J connectivity index is 3.04. The van der Waals surface area contributed by atoms with Crippen LogP contribution in [0.25, 0.3) is 5.65 Å². The highest BCUT2D eigenvalue weighted by Crippen LogP contribution is 1.89. The summed E-state index contributed by atoms with van der Waals surface area (Å²) in [5, 5.41) is 0. The third-order valence-corrected chi connectivity index (χ3v) is 1.50. The minimum absolute atomic E-state index is 0.124. The summed E-state index contributed by atoms with van der Waals surface area (Å²) in [5.41, 5.74) is 0.494. The van der Waals surface area contributed by atoms with Gasteiger partial charge in [-0.25, -0.2) is 19.2 Å². The van der Waals surface area contributed by atoms with Gasteiger partial charge < -0.3 is 0 Å². The molecule has 2 heterocycles. The molecule has 0 atom stereocenters. The maximum atomic E-state index is 11.2. The molecule has 0 amide bonds. The molecule has 0 aromatic carbocycles. The summed E-state index contributed by atoms with van der Waals surface area (Å²) in [4.78, 5) is 18.8. The van der Waals surface area contributed by atoms with Gasteiger partial charge in [0, 0.05) is 7.05 Å². The van der Waals surface area contributed by atoms with E-state index < -0.39 is 0 Å². The van der Waals surface area contributed by atoms with Crippen molar-refractivity contribution >= 4 is 5.65 Å². The first kappa shape index (κ1) is 6.09. The molecule has 0 aliphatic heterocycles. The lowest BCUT2D eigenvalue weighted by molar-refractivity contribution is 0.830. The van der Waals surface area contributed by atoms with Gasteiger partial charge in [0.05, 0.1) is 6.20 Å². The Morgan fingerprint density at radius 2 is 2.36 bits per heavy atom. The Bertz CT molecular complexity index is 441. The highest BCUT2D eigenvalue weighted by Gasteiger charge is 1.99. The fraction of sp³-hybridized carbons (Fsp3) is 0.167. The van der Waals surface area contributed by atoms with Crippen molar-refractivity contribution in [2.75, 3.05) is 0 Å². The monoisotopic (exact) mass is 150 g/mol. The van der Waals surface area contributed by atoms with Crippen LogP contribution in [0.4, 0.5) is 0 Å². The topological polar surface area (TPSA) is 52.2 Å². The quantitative estimate of drug-likeness (QED) is 0.505. The molecule has 2 aromatic heterocycles. The third kappa shape index (κ3) is 0.739. The summed E-state index contributed by atoms with van der Waals surface area (Å²) in [6.45, 7) is 0. The molecular weight excluding hydrogens is 144 g/mol. The van der Waals surface area contributed by atoms with Gasteiger partial charge in [-0.05, 0) is 0 Å². The maximum Gasteiger partial charge on any atom is 0.334 e. The average Bonchev–Trinajstić information content (AvgIpc) is 2.30. The Labute approximate surface area is 61.9 Å². The fourth-order valence-corrected chi connectivity index (χ4v) is 0.952. The van der Waals surface area contributed by atoms with Crippen molar-refractivity contribution in [3.8, 4) is 0 Å². The van der Waals surface area contributed by atoms with E-state index in [1.165, 1.54) is 21.6 Å². The van der Waals surface area contributed by atoms with Crippen molar-refractivity contribution < 1.29 is 0 Å². The second kappa shape index (κ2) is 1.91. The minimum Gasteiger partial charge on any atom is -0.300 e. The lowest BCUT2D eigenvalue weighted by atomic mass is 10.8. The number of imidazole rings is 1. The Hall–Kier alpha value is -1.65. The van der Waals surface area contributed by atoms with E-state index in [1.807, 2.05) is 0 Å². The molecule has 0 spiro atoms. The van der Waals surface area contributed by atoms with E-state index in [9.17, 15) is 4.79 Å². The number of hydrogen-bond donors (Lipinski definition) is 0. The second-order valence-electron chi connectivity index (χ2n) is 2.26. The molecule has 0 saturated heterocycles. The van der Waals surface area contributed by atoms with Crippen LogP contribution in [0.5, 0.6) is 0 Å². The minimum atomic E-state index is -0.124. The summed E-state index contributed by atoms with van der Waals surface area (Å²) in [6, 6.07) is 0. The Morgan fingerprint density at radius 1 is 1.55 bits per heavy atom. The molecule has 0 N–H and O–H groups in total. The van der Waals surface area contributed by atoms with Crippen LogP contribution in [0.1, 0.15) is 0 Å². The lowest BCUT2D eigenvalue weighted by Crippen LogP contribution is -2.16. The fourth-order valence-electron chi connectivity index (χ4n) is 0.952. The number of rotatable bonds is 0. The van der Waals surface area contributed by atoms with Crippen molar-refractivity contribution in [1.29, 1.82) is 0 Å².